The number of hydrogen-bond acceptors (Lipinski definition) is 7. The van der Waals surface area contributed by atoms with Crippen molar-refractivity contribution in [3.63, 3.8) is 0 Å². The summed E-state index contributed by atoms with van der Waals surface area (Å²) >= 11 is 7.75. The first-order valence-electron chi connectivity index (χ1n) is 11.1. The van der Waals surface area contributed by atoms with Crippen LogP contribution in [0.2, 0.25) is 5.02 Å². The summed E-state index contributed by atoms with van der Waals surface area (Å²) in [6.45, 7) is 2.64. The van der Waals surface area contributed by atoms with Crippen LogP contribution < -0.4 is 19.7 Å². The minimum atomic E-state index is -0.174. The van der Waals surface area contributed by atoms with Gasteiger partial charge >= 0.3 is 0 Å². The summed E-state index contributed by atoms with van der Waals surface area (Å²) < 4.78 is 11.6. The fraction of sp³-hybridized carbons (Fsp3) is 0.320. The van der Waals surface area contributed by atoms with E-state index in [2.05, 4.69) is 15.3 Å². The molecule has 1 aromatic carbocycles. The number of hydrogen-bond donors (Lipinski definition) is 1. The number of nitrogens with one attached hydrogen (secondary N) is 1. The van der Waals surface area contributed by atoms with Crippen molar-refractivity contribution in [3.05, 3.63) is 64.3 Å². The Morgan fingerprint density at radius 3 is 2.85 bits per heavy atom. The Morgan fingerprint density at radius 1 is 1.29 bits per heavy atom. The highest BCUT2D eigenvalue weighted by Crippen LogP contribution is 2.35. The van der Waals surface area contributed by atoms with Crippen molar-refractivity contribution in [2.45, 2.75) is 25.8 Å². The minimum absolute atomic E-state index is 0.157. The molecule has 0 unspecified atom stereocenters. The lowest BCUT2D eigenvalue weighted by atomic mass is 10.2. The highest BCUT2D eigenvalue weighted by atomic mass is 35.5. The number of ether oxygens (including phenoxy) is 2. The van der Waals surface area contributed by atoms with E-state index in [1.165, 1.54) is 24.2 Å². The highest BCUT2D eigenvalue weighted by Gasteiger charge is 2.22. The van der Waals surface area contributed by atoms with Gasteiger partial charge in [0, 0.05) is 44.2 Å². The largest absolute Gasteiger partial charge is 0.493 e. The Kier molecular flexibility index (Phi) is 7.70. The number of aromatic nitrogens is 2. The third kappa shape index (κ3) is 6.71. The zero-order chi connectivity index (χ0) is 24.1. The van der Waals surface area contributed by atoms with Gasteiger partial charge in [-0.05, 0) is 56.0 Å². The van der Waals surface area contributed by atoms with E-state index >= 15 is 0 Å². The molecule has 0 saturated heterocycles. The molecule has 1 fully saturated rings. The van der Waals surface area contributed by atoms with Crippen LogP contribution in [-0.4, -0.2) is 42.6 Å². The number of halogens is 1. The second kappa shape index (κ2) is 10.9. The molecule has 0 bridgehead atoms. The van der Waals surface area contributed by atoms with E-state index in [0.29, 0.717) is 27.4 Å². The summed E-state index contributed by atoms with van der Waals surface area (Å²) in [5, 5.41) is 3.93. The van der Waals surface area contributed by atoms with E-state index in [-0.39, 0.29) is 11.9 Å². The summed E-state index contributed by atoms with van der Waals surface area (Å²) in [7, 11) is 3.77. The zero-order valence-electron chi connectivity index (χ0n) is 19.3. The zero-order valence-corrected chi connectivity index (χ0v) is 20.9. The second-order valence-electron chi connectivity index (χ2n) is 8.40. The Balaban J connectivity index is 1.31. The lowest BCUT2D eigenvalue weighted by molar-refractivity contribution is 0.0947. The first-order chi connectivity index (χ1) is 16.4. The summed E-state index contributed by atoms with van der Waals surface area (Å²) in [5.41, 5.74) is 0.563. The smallest absolute Gasteiger partial charge is 0.279 e. The van der Waals surface area contributed by atoms with Gasteiger partial charge in [-0.25, -0.2) is 9.97 Å². The summed E-state index contributed by atoms with van der Waals surface area (Å²) in [6, 6.07) is 8.69. The molecule has 0 radical (unpaired) electrons. The number of benzene rings is 1. The van der Waals surface area contributed by atoms with Crippen LogP contribution in [0.1, 0.15) is 35.0 Å². The van der Waals surface area contributed by atoms with E-state index in [4.69, 9.17) is 21.1 Å². The molecule has 3 aromatic rings. The van der Waals surface area contributed by atoms with Gasteiger partial charge in [-0.1, -0.05) is 29.0 Å². The van der Waals surface area contributed by atoms with Gasteiger partial charge in [0.15, 0.2) is 0 Å². The fourth-order valence-electron chi connectivity index (χ4n) is 3.02. The lowest BCUT2D eigenvalue weighted by Gasteiger charge is -2.13. The molecule has 1 aliphatic carbocycles. The Morgan fingerprint density at radius 2 is 2.12 bits per heavy atom. The molecule has 34 heavy (non-hydrogen) atoms. The average Bonchev–Trinajstić information content (AvgIpc) is 3.55. The van der Waals surface area contributed by atoms with E-state index in [1.54, 1.807) is 36.7 Å². The molecule has 1 amide bonds. The van der Waals surface area contributed by atoms with Crippen LogP contribution >= 0.6 is 22.9 Å². The summed E-state index contributed by atoms with van der Waals surface area (Å²) in [6.07, 6.45) is 9.64. The van der Waals surface area contributed by atoms with Gasteiger partial charge in [0.05, 0.1) is 16.5 Å². The summed E-state index contributed by atoms with van der Waals surface area (Å²) in [4.78, 5) is 23.8. The number of carbonyl (C=O) groups is 1. The molecular weight excluding hydrogens is 472 g/mol. The molecule has 7 nitrogen and oxygen atoms in total. The molecule has 9 heteroatoms. The molecule has 0 spiro atoms. The molecule has 1 N–H and O–H groups in total. The molecule has 2 aromatic heterocycles. The van der Waals surface area contributed by atoms with Crippen molar-refractivity contribution in [2.75, 3.05) is 25.6 Å². The molecule has 1 aliphatic rings. The Hall–Kier alpha value is -3.10. The predicted octanol–water partition coefficient (Wildman–Crippen LogP) is 5.67. The normalized spacial score (nSPS) is 14.1. The number of anilines is 1. The number of pyridine rings is 1. The van der Waals surface area contributed by atoms with Crippen LogP contribution in [0.25, 0.3) is 6.08 Å². The molecule has 0 aliphatic heterocycles. The highest BCUT2D eigenvalue weighted by molar-refractivity contribution is 7.14. The minimum Gasteiger partial charge on any atom is -0.493 e. The molecule has 1 saturated carbocycles. The Bertz CT molecular complexity index is 1180. The Labute approximate surface area is 208 Å². The third-order valence-electron chi connectivity index (χ3n) is 5.16. The summed E-state index contributed by atoms with van der Waals surface area (Å²) in [5.74, 6) is 2.52. The van der Waals surface area contributed by atoms with Crippen LogP contribution in [-0.2, 0) is 0 Å². The number of rotatable bonds is 10. The number of carbonyl (C=O) groups excluding carboxylic acids is 1. The van der Waals surface area contributed by atoms with E-state index in [9.17, 15) is 4.79 Å². The number of thiazole rings is 1. The molecule has 2 heterocycles. The lowest BCUT2D eigenvalue weighted by Crippen LogP contribution is -2.31. The van der Waals surface area contributed by atoms with Crippen LogP contribution in [0.15, 0.2) is 48.8 Å². The van der Waals surface area contributed by atoms with E-state index in [1.807, 2.05) is 44.1 Å². The third-order valence-corrected chi connectivity index (χ3v) is 6.30. The van der Waals surface area contributed by atoms with Gasteiger partial charge in [0.25, 0.3) is 11.1 Å². The molecular formula is C25H27ClN4O3S. The number of nitrogens with zero attached hydrogens (tertiary/aromatic N) is 3. The van der Waals surface area contributed by atoms with Crippen molar-refractivity contribution in [1.29, 1.82) is 0 Å². The fourth-order valence-corrected chi connectivity index (χ4v) is 3.92. The van der Waals surface area contributed by atoms with Crippen molar-refractivity contribution >= 4 is 40.7 Å². The number of amides is 1. The molecule has 4 rings (SSSR count). The SMILES string of the molecule is C[C@@H](C=Cc1cnc(Oc2ccc(OCC3CC3)cc2Cl)s1)NC(=O)c1ccnc(N(C)C)c1. The van der Waals surface area contributed by atoms with Gasteiger partial charge in [-0.3, -0.25) is 4.79 Å². The van der Waals surface area contributed by atoms with E-state index in [0.717, 1.165) is 23.1 Å². The van der Waals surface area contributed by atoms with Gasteiger partial charge < -0.3 is 19.7 Å². The van der Waals surface area contributed by atoms with Crippen LogP contribution in [0.3, 0.4) is 0 Å². The first kappa shape index (κ1) is 24.0. The van der Waals surface area contributed by atoms with Gasteiger partial charge in [0.1, 0.15) is 17.3 Å². The second-order valence-corrected chi connectivity index (χ2v) is 9.83. The van der Waals surface area contributed by atoms with E-state index < -0.39 is 0 Å². The van der Waals surface area contributed by atoms with Gasteiger partial charge in [-0.15, -0.1) is 0 Å². The van der Waals surface area contributed by atoms with Crippen molar-refractivity contribution in [2.24, 2.45) is 5.92 Å². The maximum atomic E-state index is 12.5. The predicted molar refractivity (Wildman–Crippen MR) is 136 cm³/mol. The quantitative estimate of drug-likeness (QED) is 0.388. The van der Waals surface area contributed by atoms with Crippen LogP contribution in [0.4, 0.5) is 5.82 Å². The van der Waals surface area contributed by atoms with Crippen molar-refractivity contribution in [3.8, 4) is 16.7 Å². The van der Waals surface area contributed by atoms with Crippen molar-refractivity contribution < 1.29 is 14.3 Å². The maximum Gasteiger partial charge on any atom is 0.279 e. The van der Waals surface area contributed by atoms with Crippen molar-refractivity contribution in [1.82, 2.24) is 15.3 Å². The molecule has 1 atom stereocenters. The average molecular weight is 499 g/mol. The topological polar surface area (TPSA) is 76.6 Å². The monoisotopic (exact) mass is 498 g/mol. The van der Waals surface area contributed by atoms with Crippen LogP contribution in [0.5, 0.6) is 16.7 Å². The van der Waals surface area contributed by atoms with Gasteiger partial charge in [-0.2, -0.15) is 0 Å². The van der Waals surface area contributed by atoms with Gasteiger partial charge in [0.2, 0.25) is 0 Å². The first-order valence-corrected chi connectivity index (χ1v) is 12.3. The standard InChI is InChI=1S/C25H27ClN4O3S/c1-16(29-24(31)18-10-11-27-23(12-18)30(2)3)4-8-20-14-28-25(34-20)33-22-9-7-19(13-21(22)26)32-15-17-5-6-17/h4,7-14,16-17H,5-6,15H2,1-3H3,(H,29,31)/t16-/m0/s1. The molecule has 178 valence electrons. The maximum absolute atomic E-state index is 12.5. The van der Waals surface area contributed by atoms with Crippen LogP contribution in [0, 0.1) is 5.92 Å².